The van der Waals surface area contributed by atoms with Crippen LogP contribution in [0.15, 0.2) is 22.6 Å². The highest BCUT2D eigenvalue weighted by molar-refractivity contribution is 5.82. The molecule has 1 aromatic heterocycles. The first-order valence-electron chi connectivity index (χ1n) is 6.49. The Hall–Kier alpha value is -1.95. The van der Waals surface area contributed by atoms with Crippen LogP contribution in [-0.4, -0.2) is 27.9 Å². The Balaban J connectivity index is 1.88. The number of para-hydroxylation sites is 1. The Bertz CT molecular complexity index is 602. The fourth-order valence-corrected chi connectivity index (χ4v) is 2.50. The van der Waals surface area contributed by atoms with Crippen molar-refractivity contribution in [1.29, 1.82) is 0 Å². The van der Waals surface area contributed by atoms with Crippen LogP contribution in [0.2, 0.25) is 0 Å². The van der Waals surface area contributed by atoms with E-state index >= 15 is 0 Å². The summed E-state index contributed by atoms with van der Waals surface area (Å²) >= 11 is 0. The Morgan fingerprint density at radius 3 is 2.84 bits per heavy atom. The lowest BCUT2D eigenvalue weighted by atomic mass is 10.1. The molecule has 1 saturated heterocycles. The zero-order chi connectivity index (χ0) is 13.2. The first kappa shape index (κ1) is 12.1. The minimum Gasteiger partial charge on any atom is -0.439 e. The number of hydrogen-bond acceptors (Lipinski definition) is 5. The van der Waals surface area contributed by atoms with Crippen molar-refractivity contribution in [1.82, 2.24) is 9.88 Å². The van der Waals surface area contributed by atoms with E-state index < -0.39 is 4.92 Å². The largest absolute Gasteiger partial charge is 0.439 e. The normalized spacial score (nSPS) is 16.8. The predicted octanol–water partition coefficient (Wildman–Crippen LogP) is 2.72. The van der Waals surface area contributed by atoms with Crippen LogP contribution in [-0.2, 0) is 6.54 Å². The summed E-state index contributed by atoms with van der Waals surface area (Å²) in [5, 5.41) is 10.9. The van der Waals surface area contributed by atoms with Gasteiger partial charge in [0.05, 0.1) is 11.5 Å². The van der Waals surface area contributed by atoms with Crippen LogP contribution in [0.4, 0.5) is 5.69 Å². The van der Waals surface area contributed by atoms with Crippen molar-refractivity contribution >= 4 is 16.8 Å². The van der Waals surface area contributed by atoms with E-state index in [-0.39, 0.29) is 5.69 Å². The average molecular weight is 261 g/mol. The number of nitro groups is 1. The summed E-state index contributed by atoms with van der Waals surface area (Å²) in [6, 6.07) is 4.79. The van der Waals surface area contributed by atoms with Gasteiger partial charge in [-0.05, 0) is 32.0 Å². The molecule has 0 spiro atoms. The molecule has 2 heterocycles. The number of likely N-dealkylation sites (tertiary alicyclic amines) is 1. The van der Waals surface area contributed by atoms with Crippen LogP contribution in [0.1, 0.15) is 25.2 Å². The van der Waals surface area contributed by atoms with Gasteiger partial charge in [0.15, 0.2) is 11.1 Å². The van der Waals surface area contributed by atoms with Crippen molar-refractivity contribution in [2.24, 2.45) is 0 Å². The second-order valence-corrected chi connectivity index (χ2v) is 4.83. The molecule has 1 aliphatic rings. The summed E-state index contributed by atoms with van der Waals surface area (Å²) in [7, 11) is 0. The average Bonchev–Trinajstić information content (AvgIpc) is 2.81. The van der Waals surface area contributed by atoms with Crippen molar-refractivity contribution < 1.29 is 9.34 Å². The monoisotopic (exact) mass is 261 g/mol. The molecule has 0 bridgehead atoms. The van der Waals surface area contributed by atoms with Crippen LogP contribution < -0.4 is 0 Å². The quantitative estimate of drug-likeness (QED) is 0.627. The van der Waals surface area contributed by atoms with E-state index in [1.807, 2.05) is 0 Å². The lowest BCUT2D eigenvalue weighted by molar-refractivity contribution is -0.383. The summed E-state index contributed by atoms with van der Waals surface area (Å²) in [6.07, 6.45) is 3.66. The number of aromatic nitrogens is 1. The molecule has 0 radical (unpaired) electrons. The zero-order valence-corrected chi connectivity index (χ0v) is 10.5. The van der Waals surface area contributed by atoms with Crippen molar-refractivity contribution in [3.8, 4) is 0 Å². The van der Waals surface area contributed by atoms with Gasteiger partial charge in [-0.25, -0.2) is 4.98 Å². The van der Waals surface area contributed by atoms with Crippen LogP contribution in [0, 0.1) is 10.1 Å². The van der Waals surface area contributed by atoms with Gasteiger partial charge in [-0.2, -0.15) is 0 Å². The minimum absolute atomic E-state index is 0.00569. The summed E-state index contributed by atoms with van der Waals surface area (Å²) < 4.78 is 5.60. The Labute approximate surface area is 110 Å². The Morgan fingerprint density at radius 2 is 2.11 bits per heavy atom. The van der Waals surface area contributed by atoms with E-state index in [0.29, 0.717) is 23.5 Å². The van der Waals surface area contributed by atoms with Crippen molar-refractivity contribution in [2.45, 2.75) is 25.8 Å². The number of non-ortho nitro benzene ring substituents is 1. The number of oxazole rings is 1. The van der Waals surface area contributed by atoms with Gasteiger partial charge in [0, 0.05) is 6.07 Å². The maximum Gasteiger partial charge on any atom is 0.298 e. The third-order valence-corrected chi connectivity index (χ3v) is 3.45. The highest BCUT2D eigenvalue weighted by Crippen LogP contribution is 2.26. The maximum atomic E-state index is 10.9. The fraction of sp³-hybridized carbons (Fsp3) is 0.462. The second-order valence-electron chi connectivity index (χ2n) is 4.83. The molecule has 2 aromatic rings. The molecule has 1 aromatic carbocycles. The van der Waals surface area contributed by atoms with Crippen molar-refractivity contribution in [2.75, 3.05) is 13.1 Å². The number of nitrogens with zero attached hydrogens (tertiary/aromatic N) is 3. The molecule has 1 aliphatic heterocycles. The van der Waals surface area contributed by atoms with Gasteiger partial charge < -0.3 is 4.42 Å². The number of nitro benzene ring substituents is 1. The lowest BCUT2D eigenvalue weighted by Gasteiger charge is -2.24. The van der Waals surface area contributed by atoms with E-state index in [9.17, 15) is 10.1 Å². The Kier molecular flexibility index (Phi) is 3.16. The van der Waals surface area contributed by atoms with Crippen molar-refractivity contribution in [3.05, 3.63) is 34.2 Å². The van der Waals surface area contributed by atoms with E-state index in [4.69, 9.17) is 4.42 Å². The summed E-state index contributed by atoms with van der Waals surface area (Å²) in [6.45, 7) is 2.72. The SMILES string of the molecule is O=[N+]([O-])c1cccc2oc(CN3CCCCC3)nc12. The molecule has 0 atom stereocenters. The summed E-state index contributed by atoms with van der Waals surface area (Å²) in [5.74, 6) is 0.561. The highest BCUT2D eigenvalue weighted by Gasteiger charge is 2.19. The molecule has 0 aliphatic carbocycles. The van der Waals surface area contributed by atoms with Gasteiger partial charge in [-0.15, -0.1) is 0 Å². The molecule has 19 heavy (non-hydrogen) atoms. The second kappa shape index (κ2) is 4.97. The molecular weight excluding hydrogens is 246 g/mol. The van der Waals surface area contributed by atoms with Gasteiger partial charge in [-0.3, -0.25) is 15.0 Å². The standard InChI is InChI=1S/C13H15N3O3/c17-16(18)10-5-4-6-11-13(10)14-12(19-11)9-15-7-2-1-3-8-15/h4-6H,1-3,7-9H2. The van der Waals surface area contributed by atoms with Gasteiger partial charge in [0.1, 0.15) is 0 Å². The number of benzene rings is 1. The van der Waals surface area contributed by atoms with Crippen LogP contribution in [0.5, 0.6) is 0 Å². The summed E-state index contributed by atoms with van der Waals surface area (Å²) in [5.41, 5.74) is 0.840. The molecule has 6 heteroatoms. The first-order valence-corrected chi connectivity index (χ1v) is 6.49. The van der Waals surface area contributed by atoms with Crippen LogP contribution in [0.3, 0.4) is 0 Å². The summed E-state index contributed by atoms with van der Waals surface area (Å²) in [4.78, 5) is 17.1. The number of rotatable bonds is 3. The molecule has 3 rings (SSSR count). The molecule has 100 valence electrons. The van der Waals surface area contributed by atoms with Gasteiger partial charge >= 0.3 is 0 Å². The third kappa shape index (κ3) is 2.44. The lowest BCUT2D eigenvalue weighted by Crippen LogP contribution is -2.29. The molecule has 0 amide bonds. The number of hydrogen-bond donors (Lipinski definition) is 0. The van der Waals surface area contributed by atoms with Crippen molar-refractivity contribution in [3.63, 3.8) is 0 Å². The minimum atomic E-state index is -0.421. The highest BCUT2D eigenvalue weighted by atomic mass is 16.6. The van der Waals surface area contributed by atoms with E-state index in [2.05, 4.69) is 9.88 Å². The third-order valence-electron chi connectivity index (χ3n) is 3.45. The molecule has 0 N–H and O–H groups in total. The zero-order valence-electron chi connectivity index (χ0n) is 10.5. The molecule has 1 fully saturated rings. The number of piperidine rings is 1. The maximum absolute atomic E-state index is 10.9. The Morgan fingerprint density at radius 1 is 1.32 bits per heavy atom. The number of fused-ring (bicyclic) bond motifs is 1. The molecule has 0 unspecified atom stereocenters. The van der Waals surface area contributed by atoms with E-state index in [1.165, 1.54) is 25.3 Å². The van der Waals surface area contributed by atoms with Gasteiger partial charge in [-0.1, -0.05) is 12.5 Å². The van der Waals surface area contributed by atoms with Gasteiger partial charge in [0.2, 0.25) is 5.89 Å². The molecule has 6 nitrogen and oxygen atoms in total. The van der Waals surface area contributed by atoms with Crippen LogP contribution in [0.25, 0.3) is 11.1 Å². The molecule has 0 saturated carbocycles. The fourth-order valence-electron chi connectivity index (χ4n) is 2.50. The van der Waals surface area contributed by atoms with Gasteiger partial charge in [0.25, 0.3) is 5.69 Å². The first-order chi connectivity index (χ1) is 9.24. The smallest absolute Gasteiger partial charge is 0.298 e. The molecular formula is C13H15N3O3. The predicted molar refractivity (Wildman–Crippen MR) is 69.8 cm³/mol. The topological polar surface area (TPSA) is 72.4 Å². The van der Waals surface area contributed by atoms with Crippen LogP contribution >= 0.6 is 0 Å². The van der Waals surface area contributed by atoms with E-state index in [0.717, 1.165) is 13.1 Å². The van der Waals surface area contributed by atoms with E-state index in [1.54, 1.807) is 12.1 Å².